The van der Waals surface area contributed by atoms with Gasteiger partial charge in [0.25, 0.3) is 21.5 Å². The summed E-state index contributed by atoms with van der Waals surface area (Å²) in [4.78, 5) is 31.7. The Hall–Kier alpha value is -2.49. The van der Waals surface area contributed by atoms with Crippen LogP contribution in [0.3, 0.4) is 0 Å². The van der Waals surface area contributed by atoms with Gasteiger partial charge >= 0.3 is 0 Å². The van der Waals surface area contributed by atoms with Crippen LogP contribution in [-0.4, -0.2) is 37.9 Å². The first-order valence-electron chi connectivity index (χ1n) is 7.77. The maximum absolute atomic E-state index is 12.4. The van der Waals surface area contributed by atoms with Gasteiger partial charge in [0, 0.05) is 30.4 Å². The number of nitrogens with one attached hydrogen (secondary N) is 2. The van der Waals surface area contributed by atoms with Crippen molar-refractivity contribution in [2.45, 2.75) is 25.3 Å². The fourth-order valence-corrected chi connectivity index (χ4v) is 3.44. The summed E-state index contributed by atoms with van der Waals surface area (Å²) in [5, 5.41) is 2.64. The van der Waals surface area contributed by atoms with E-state index in [1.165, 1.54) is 38.4 Å². The maximum Gasteiger partial charge on any atom is 0.264 e. The van der Waals surface area contributed by atoms with E-state index < -0.39 is 15.9 Å². The highest BCUT2D eigenvalue weighted by molar-refractivity contribution is 7.89. The molecular formula is C17H21N3O5S. The number of benzene rings is 1. The highest BCUT2D eigenvalue weighted by atomic mass is 32.2. The average Bonchev–Trinajstić information content (AvgIpc) is 2.59. The molecule has 26 heavy (non-hydrogen) atoms. The summed E-state index contributed by atoms with van der Waals surface area (Å²) in [6, 6.07) is 7.40. The molecule has 0 bridgehead atoms. The fourth-order valence-electron chi connectivity index (χ4n) is 2.42. The van der Waals surface area contributed by atoms with E-state index in [9.17, 15) is 18.0 Å². The topological polar surface area (TPSA) is 109 Å². The van der Waals surface area contributed by atoms with Crippen molar-refractivity contribution < 1.29 is 18.0 Å². The van der Waals surface area contributed by atoms with Crippen LogP contribution >= 0.6 is 0 Å². The van der Waals surface area contributed by atoms with E-state index in [0.717, 1.165) is 11.3 Å². The Balaban J connectivity index is 2.22. The van der Waals surface area contributed by atoms with E-state index in [1.54, 1.807) is 13.8 Å². The molecule has 140 valence electrons. The molecule has 0 spiro atoms. The minimum atomic E-state index is -3.85. The Morgan fingerprint density at radius 1 is 1.27 bits per heavy atom. The van der Waals surface area contributed by atoms with Crippen LogP contribution in [0.4, 0.5) is 0 Å². The molecule has 0 fully saturated rings. The number of hydroxylamine groups is 1. The number of pyridine rings is 1. The number of hydrogen-bond donors (Lipinski definition) is 2. The van der Waals surface area contributed by atoms with Crippen molar-refractivity contribution in [1.82, 2.24) is 14.8 Å². The first-order valence-corrected chi connectivity index (χ1v) is 9.21. The van der Waals surface area contributed by atoms with Gasteiger partial charge in [-0.2, -0.15) is 0 Å². The van der Waals surface area contributed by atoms with Gasteiger partial charge < -0.3 is 10.3 Å². The minimum Gasteiger partial charge on any atom is -0.348 e. The van der Waals surface area contributed by atoms with Crippen LogP contribution in [0.2, 0.25) is 0 Å². The van der Waals surface area contributed by atoms with Gasteiger partial charge in [-0.05, 0) is 43.7 Å². The molecule has 0 saturated heterocycles. The second kappa shape index (κ2) is 7.81. The van der Waals surface area contributed by atoms with E-state index in [1.807, 2.05) is 6.07 Å². The van der Waals surface area contributed by atoms with Gasteiger partial charge in [-0.3, -0.25) is 14.4 Å². The normalized spacial score (nSPS) is 11.6. The van der Waals surface area contributed by atoms with Gasteiger partial charge in [0.2, 0.25) is 0 Å². The average molecular weight is 379 g/mol. The molecule has 2 aromatic rings. The number of nitrogens with zero attached hydrogens (tertiary/aromatic N) is 1. The molecule has 1 amide bonds. The minimum absolute atomic E-state index is 0.0369. The fraction of sp³-hybridized carbons (Fsp3) is 0.294. The number of carbonyl (C=O) groups is 1. The first kappa shape index (κ1) is 19.8. The van der Waals surface area contributed by atoms with Gasteiger partial charge in [0.15, 0.2) is 0 Å². The quantitative estimate of drug-likeness (QED) is 0.731. The molecule has 0 aliphatic carbocycles. The Morgan fingerprint density at radius 3 is 2.58 bits per heavy atom. The lowest BCUT2D eigenvalue weighted by Gasteiger charge is -2.14. The number of aromatic nitrogens is 1. The Kier molecular flexibility index (Phi) is 5.96. The number of aromatic amines is 1. The van der Waals surface area contributed by atoms with Crippen LogP contribution < -0.4 is 10.9 Å². The summed E-state index contributed by atoms with van der Waals surface area (Å²) in [6.07, 6.45) is 0. The Bertz CT molecular complexity index is 982. The monoisotopic (exact) mass is 379 g/mol. The van der Waals surface area contributed by atoms with Crippen molar-refractivity contribution >= 4 is 15.9 Å². The third-order valence-electron chi connectivity index (χ3n) is 3.91. The molecule has 2 rings (SSSR count). The molecule has 0 unspecified atom stereocenters. The van der Waals surface area contributed by atoms with Crippen LogP contribution in [0.5, 0.6) is 0 Å². The zero-order valence-electron chi connectivity index (χ0n) is 15.0. The van der Waals surface area contributed by atoms with E-state index >= 15 is 0 Å². The van der Waals surface area contributed by atoms with Crippen LogP contribution in [0.25, 0.3) is 0 Å². The molecule has 1 heterocycles. The van der Waals surface area contributed by atoms with Crippen molar-refractivity contribution in [1.29, 1.82) is 0 Å². The van der Waals surface area contributed by atoms with Crippen LogP contribution in [0.1, 0.15) is 27.2 Å². The molecule has 0 radical (unpaired) electrons. The third-order valence-corrected chi connectivity index (χ3v) is 5.58. The van der Waals surface area contributed by atoms with Gasteiger partial charge in [-0.1, -0.05) is 10.5 Å². The standard InChI is InChI=1S/C17H21N3O5S/c1-11-8-12(2)19-17(22)15(11)10-18-16(21)13-6-5-7-14(9-13)26(23,24)20(3)25-4/h5-9H,10H2,1-4H3,(H,18,21)(H,19,22). The lowest BCUT2D eigenvalue weighted by Crippen LogP contribution is -2.29. The van der Waals surface area contributed by atoms with Crippen LogP contribution in [0.15, 0.2) is 40.0 Å². The number of sulfonamides is 1. The van der Waals surface area contributed by atoms with Gasteiger partial charge in [0.1, 0.15) is 0 Å². The SMILES string of the molecule is CON(C)S(=O)(=O)c1cccc(C(=O)NCc2c(C)cc(C)[nH]c2=O)c1. The number of amides is 1. The number of rotatable bonds is 6. The molecule has 2 N–H and O–H groups in total. The number of hydrogen-bond acceptors (Lipinski definition) is 5. The molecule has 1 aromatic heterocycles. The maximum atomic E-state index is 12.4. The predicted octanol–water partition coefficient (Wildman–Crippen LogP) is 1.10. The highest BCUT2D eigenvalue weighted by Crippen LogP contribution is 2.16. The molecule has 0 aliphatic heterocycles. The molecule has 0 aliphatic rings. The van der Waals surface area contributed by atoms with Gasteiger partial charge in [0.05, 0.1) is 12.0 Å². The summed E-state index contributed by atoms with van der Waals surface area (Å²) in [5.41, 5.74) is 1.86. The highest BCUT2D eigenvalue weighted by Gasteiger charge is 2.22. The summed E-state index contributed by atoms with van der Waals surface area (Å²) in [6.45, 7) is 3.60. The summed E-state index contributed by atoms with van der Waals surface area (Å²) in [7, 11) is -1.36. The molecule has 0 saturated carbocycles. The van der Waals surface area contributed by atoms with E-state index in [2.05, 4.69) is 10.3 Å². The van der Waals surface area contributed by atoms with Gasteiger partial charge in [-0.15, -0.1) is 0 Å². The second-order valence-electron chi connectivity index (χ2n) is 5.75. The number of carbonyl (C=O) groups excluding carboxylic acids is 1. The first-order chi connectivity index (χ1) is 12.2. The predicted molar refractivity (Wildman–Crippen MR) is 96.1 cm³/mol. The summed E-state index contributed by atoms with van der Waals surface area (Å²) in [5.74, 6) is -0.485. The smallest absolute Gasteiger partial charge is 0.264 e. The van der Waals surface area contributed by atoms with E-state index in [-0.39, 0.29) is 22.6 Å². The van der Waals surface area contributed by atoms with Crippen molar-refractivity contribution in [3.8, 4) is 0 Å². The molecule has 0 atom stereocenters. The zero-order valence-corrected chi connectivity index (χ0v) is 15.8. The zero-order chi connectivity index (χ0) is 19.5. The Labute approximate surface area is 151 Å². The van der Waals surface area contributed by atoms with E-state index in [4.69, 9.17) is 4.84 Å². The molecule has 1 aromatic carbocycles. The lowest BCUT2D eigenvalue weighted by atomic mass is 10.1. The van der Waals surface area contributed by atoms with Crippen molar-refractivity contribution in [3.05, 3.63) is 63.1 Å². The Morgan fingerprint density at radius 2 is 1.96 bits per heavy atom. The van der Waals surface area contributed by atoms with Crippen LogP contribution in [0, 0.1) is 13.8 Å². The second-order valence-corrected chi connectivity index (χ2v) is 7.69. The summed E-state index contributed by atoms with van der Waals surface area (Å²) >= 11 is 0. The number of H-pyrrole nitrogens is 1. The largest absolute Gasteiger partial charge is 0.348 e. The van der Waals surface area contributed by atoms with Crippen molar-refractivity contribution in [3.63, 3.8) is 0 Å². The van der Waals surface area contributed by atoms with Gasteiger partial charge in [-0.25, -0.2) is 8.42 Å². The molecule has 8 nitrogen and oxygen atoms in total. The van der Waals surface area contributed by atoms with Crippen molar-refractivity contribution in [2.75, 3.05) is 14.2 Å². The van der Waals surface area contributed by atoms with E-state index in [0.29, 0.717) is 10.0 Å². The number of aryl methyl sites for hydroxylation is 2. The lowest BCUT2D eigenvalue weighted by molar-refractivity contribution is -0.0258. The van der Waals surface area contributed by atoms with Crippen molar-refractivity contribution in [2.24, 2.45) is 0 Å². The van der Waals surface area contributed by atoms with Crippen LogP contribution in [-0.2, 0) is 21.4 Å². The summed E-state index contributed by atoms with van der Waals surface area (Å²) < 4.78 is 25.2. The third kappa shape index (κ3) is 4.18. The molecule has 9 heteroatoms. The molecular weight excluding hydrogens is 358 g/mol.